The van der Waals surface area contributed by atoms with Crippen molar-refractivity contribution in [3.05, 3.63) is 51.8 Å². The third kappa shape index (κ3) is 3.05. The van der Waals surface area contributed by atoms with Gasteiger partial charge in [0.25, 0.3) is 0 Å². The smallest absolute Gasteiger partial charge is 0.417 e. The summed E-state index contributed by atoms with van der Waals surface area (Å²) in [6.45, 7) is 1.34. The number of halogens is 7. The third-order valence-electron chi connectivity index (χ3n) is 3.58. The first kappa shape index (κ1) is 18.3. The van der Waals surface area contributed by atoms with E-state index < -0.39 is 39.7 Å². The summed E-state index contributed by atoms with van der Waals surface area (Å²) in [5.41, 5.74) is 5.40. The standard InChI is InChI=1S/C15H8ClF6N4/c1-6-4-8(15(20,21)22)11-12(23)26(25-13(11)24-6)10-3-2-7(5-9(10)16)14(17,18)19/h2-5,23H,1H3/q-1. The van der Waals surface area contributed by atoms with E-state index >= 15 is 0 Å². The topological polar surface area (TPSA) is 54.5 Å². The fourth-order valence-corrected chi connectivity index (χ4v) is 2.73. The molecule has 26 heavy (non-hydrogen) atoms. The van der Waals surface area contributed by atoms with Crippen molar-refractivity contribution < 1.29 is 26.3 Å². The lowest BCUT2D eigenvalue weighted by Gasteiger charge is -2.17. The second kappa shape index (κ2) is 5.76. The van der Waals surface area contributed by atoms with Crippen molar-refractivity contribution in [3.63, 3.8) is 0 Å². The van der Waals surface area contributed by atoms with E-state index in [2.05, 4.69) is 10.1 Å². The molecule has 0 aliphatic heterocycles. The molecule has 0 radical (unpaired) electrons. The Kier molecular flexibility index (Phi) is 4.06. The highest BCUT2D eigenvalue weighted by Gasteiger charge is 2.34. The van der Waals surface area contributed by atoms with Crippen LogP contribution in [0.3, 0.4) is 0 Å². The first-order chi connectivity index (χ1) is 11.9. The molecule has 0 saturated carbocycles. The molecule has 0 aliphatic carbocycles. The molecule has 138 valence electrons. The number of aromatic nitrogens is 3. The van der Waals surface area contributed by atoms with Crippen LogP contribution in [-0.2, 0) is 12.4 Å². The normalized spacial score (nSPS) is 12.8. The number of hydrogen-bond donors (Lipinski definition) is 0. The molecule has 4 nitrogen and oxygen atoms in total. The zero-order chi connectivity index (χ0) is 19.4. The summed E-state index contributed by atoms with van der Waals surface area (Å²) in [7, 11) is 0. The number of nitrogens with zero attached hydrogens (tertiary/aromatic N) is 3. The summed E-state index contributed by atoms with van der Waals surface area (Å²) >= 11 is 5.84. The second-order valence-corrected chi connectivity index (χ2v) is 5.84. The van der Waals surface area contributed by atoms with Gasteiger partial charge in [-0.15, -0.1) is 0 Å². The molecule has 2 heterocycles. The second-order valence-electron chi connectivity index (χ2n) is 5.43. The number of aryl methyl sites for hydroxylation is 1. The van der Waals surface area contributed by atoms with Crippen LogP contribution in [0, 0.1) is 6.92 Å². The maximum Gasteiger partial charge on any atom is 0.417 e. The van der Waals surface area contributed by atoms with Crippen molar-refractivity contribution in [1.29, 1.82) is 0 Å². The van der Waals surface area contributed by atoms with Gasteiger partial charge in [0.05, 0.1) is 11.1 Å². The van der Waals surface area contributed by atoms with Gasteiger partial charge < -0.3 is 10.4 Å². The summed E-state index contributed by atoms with van der Waals surface area (Å²) in [5, 5.41) is 2.86. The molecule has 0 atom stereocenters. The van der Waals surface area contributed by atoms with Crippen LogP contribution in [0.25, 0.3) is 22.5 Å². The van der Waals surface area contributed by atoms with Crippen LogP contribution in [0.15, 0.2) is 24.3 Å². The molecule has 0 spiro atoms. The first-order valence-electron chi connectivity index (χ1n) is 6.96. The first-order valence-corrected chi connectivity index (χ1v) is 7.33. The predicted molar refractivity (Wildman–Crippen MR) is 82.6 cm³/mol. The lowest BCUT2D eigenvalue weighted by Crippen LogP contribution is -2.06. The Balaban J connectivity index is 2.26. The highest BCUT2D eigenvalue weighted by molar-refractivity contribution is 6.32. The summed E-state index contributed by atoms with van der Waals surface area (Å²) in [5.74, 6) is -0.679. The lowest BCUT2D eigenvalue weighted by atomic mass is 10.1. The van der Waals surface area contributed by atoms with Crippen molar-refractivity contribution in [1.82, 2.24) is 14.8 Å². The molecule has 0 fully saturated rings. The van der Waals surface area contributed by atoms with Gasteiger partial charge >= 0.3 is 12.4 Å². The summed E-state index contributed by atoms with van der Waals surface area (Å²) in [6.07, 6.45) is -9.39. The van der Waals surface area contributed by atoms with Gasteiger partial charge in [-0.2, -0.15) is 26.3 Å². The van der Waals surface area contributed by atoms with Crippen LogP contribution in [0.4, 0.5) is 32.2 Å². The van der Waals surface area contributed by atoms with Crippen LogP contribution in [0.2, 0.25) is 5.02 Å². The summed E-state index contributed by atoms with van der Waals surface area (Å²) in [6, 6.07) is 3.04. The van der Waals surface area contributed by atoms with Gasteiger partial charge in [-0.05, 0) is 36.6 Å². The molecule has 1 N–H and O–H groups in total. The minimum absolute atomic E-state index is 0.0352. The van der Waals surface area contributed by atoms with Gasteiger partial charge in [-0.3, -0.25) is 0 Å². The maximum atomic E-state index is 13.3. The summed E-state index contributed by atoms with van der Waals surface area (Å²) in [4.78, 5) is 3.87. The molecule has 1 aromatic carbocycles. The molecule has 0 amide bonds. The van der Waals surface area contributed by atoms with Gasteiger partial charge in [0.15, 0.2) is 5.65 Å². The van der Waals surface area contributed by atoms with Gasteiger partial charge in [0, 0.05) is 16.1 Å². The van der Waals surface area contributed by atoms with Gasteiger partial charge in [-0.1, -0.05) is 17.7 Å². The van der Waals surface area contributed by atoms with E-state index in [0.29, 0.717) is 12.1 Å². The fourth-order valence-electron chi connectivity index (χ4n) is 2.47. The van der Waals surface area contributed by atoms with Crippen LogP contribution in [0.1, 0.15) is 16.8 Å². The van der Waals surface area contributed by atoms with E-state index in [9.17, 15) is 26.3 Å². The quantitative estimate of drug-likeness (QED) is 0.469. The molecule has 11 heteroatoms. The number of rotatable bonds is 1. The SMILES string of the molecule is Cc1cc(C(F)(F)F)c2c([NH-])n(-c3ccc(C(F)(F)F)cc3Cl)nc2n1. The van der Waals surface area contributed by atoms with Gasteiger partial charge in [0.1, 0.15) is 0 Å². The molecule has 0 bridgehead atoms. The average Bonchev–Trinajstić information content (AvgIpc) is 2.81. The van der Waals surface area contributed by atoms with E-state index in [0.717, 1.165) is 16.8 Å². The Morgan fingerprint density at radius 3 is 2.23 bits per heavy atom. The van der Waals surface area contributed by atoms with Crippen LogP contribution in [0.5, 0.6) is 0 Å². The maximum absolute atomic E-state index is 13.3. The molecule has 3 aromatic rings. The Labute approximate surface area is 147 Å². The minimum Gasteiger partial charge on any atom is -0.480 e. The Morgan fingerprint density at radius 1 is 1.04 bits per heavy atom. The highest BCUT2D eigenvalue weighted by atomic mass is 35.5. The van der Waals surface area contributed by atoms with Crippen molar-refractivity contribution in [2.45, 2.75) is 19.3 Å². The van der Waals surface area contributed by atoms with E-state index in [1.807, 2.05) is 0 Å². The molecule has 0 saturated heterocycles. The van der Waals surface area contributed by atoms with E-state index in [1.54, 1.807) is 0 Å². The molecule has 3 rings (SSSR count). The number of fused-ring (bicyclic) bond motifs is 1. The molecule has 0 unspecified atom stereocenters. The minimum atomic E-state index is -4.75. The van der Waals surface area contributed by atoms with Crippen molar-refractivity contribution in [2.75, 3.05) is 0 Å². The van der Waals surface area contributed by atoms with E-state index in [-0.39, 0.29) is 17.0 Å². The van der Waals surface area contributed by atoms with Gasteiger partial charge in [0.2, 0.25) is 0 Å². The fraction of sp³-hybridized carbons (Fsp3) is 0.200. The van der Waals surface area contributed by atoms with E-state index in [1.165, 1.54) is 6.92 Å². The Hall–Kier alpha value is -2.49. The Morgan fingerprint density at radius 2 is 1.69 bits per heavy atom. The number of pyridine rings is 1. The van der Waals surface area contributed by atoms with Gasteiger partial charge in [-0.25, -0.2) is 10.1 Å². The molecular formula is C15H8ClF6N4-. The van der Waals surface area contributed by atoms with Crippen molar-refractivity contribution >= 4 is 28.5 Å². The van der Waals surface area contributed by atoms with E-state index in [4.69, 9.17) is 17.3 Å². The predicted octanol–water partition coefficient (Wildman–Crippen LogP) is 6.10. The molecule has 2 aromatic heterocycles. The summed E-state index contributed by atoms with van der Waals surface area (Å²) < 4.78 is 78.7. The number of benzene rings is 1. The number of alkyl halides is 6. The zero-order valence-corrected chi connectivity index (χ0v) is 13.6. The van der Waals surface area contributed by atoms with Crippen LogP contribution in [-0.4, -0.2) is 14.8 Å². The van der Waals surface area contributed by atoms with Crippen molar-refractivity contribution in [3.8, 4) is 5.69 Å². The lowest BCUT2D eigenvalue weighted by molar-refractivity contribution is -0.138. The molecular weight excluding hydrogens is 386 g/mol. The van der Waals surface area contributed by atoms with Crippen LogP contribution >= 0.6 is 11.6 Å². The number of nitrogens with one attached hydrogen (secondary N) is 1. The highest BCUT2D eigenvalue weighted by Crippen LogP contribution is 2.41. The Bertz CT molecular complexity index is 1010. The monoisotopic (exact) mass is 393 g/mol. The largest absolute Gasteiger partial charge is 0.480 e. The zero-order valence-electron chi connectivity index (χ0n) is 12.8. The van der Waals surface area contributed by atoms with Crippen LogP contribution < -0.4 is 0 Å². The van der Waals surface area contributed by atoms with Crippen molar-refractivity contribution in [2.24, 2.45) is 0 Å². The molecule has 0 aliphatic rings. The number of hydrogen-bond acceptors (Lipinski definition) is 2. The average molecular weight is 394 g/mol. The third-order valence-corrected chi connectivity index (χ3v) is 3.88.